The lowest BCUT2D eigenvalue weighted by Gasteiger charge is -2.23. The van der Waals surface area contributed by atoms with Crippen LogP contribution in [0.1, 0.15) is 26.7 Å². The van der Waals surface area contributed by atoms with Gasteiger partial charge in [0, 0.05) is 30.9 Å². The molecule has 4 nitrogen and oxygen atoms in total. The maximum absolute atomic E-state index is 4.66. The van der Waals surface area contributed by atoms with E-state index in [1.807, 2.05) is 11.8 Å². The fourth-order valence-electron chi connectivity index (χ4n) is 1.81. The molecular formula is C13H28N4S. The fraction of sp³-hybridized carbons (Fsp3) is 0.923. The number of guanidine groups is 1. The predicted molar refractivity (Wildman–Crippen MR) is 82.6 cm³/mol. The van der Waals surface area contributed by atoms with Gasteiger partial charge in [0.15, 0.2) is 5.96 Å². The van der Waals surface area contributed by atoms with Gasteiger partial charge in [0.05, 0.1) is 6.54 Å². The van der Waals surface area contributed by atoms with Crippen LogP contribution >= 0.6 is 11.8 Å². The van der Waals surface area contributed by atoms with Crippen molar-refractivity contribution in [3.05, 3.63) is 0 Å². The molecule has 1 aliphatic carbocycles. The second-order valence-electron chi connectivity index (χ2n) is 4.88. The zero-order valence-electron chi connectivity index (χ0n) is 12.2. The maximum Gasteiger partial charge on any atom is 0.191 e. The average molecular weight is 272 g/mol. The predicted octanol–water partition coefficient (Wildman–Crippen LogP) is 1.39. The van der Waals surface area contributed by atoms with Gasteiger partial charge in [-0.1, -0.05) is 0 Å². The molecule has 0 aliphatic heterocycles. The Morgan fingerprint density at radius 3 is 2.72 bits per heavy atom. The van der Waals surface area contributed by atoms with E-state index in [-0.39, 0.29) is 0 Å². The molecule has 0 radical (unpaired) electrons. The van der Waals surface area contributed by atoms with E-state index in [0.717, 1.165) is 37.4 Å². The highest BCUT2D eigenvalue weighted by Crippen LogP contribution is 2.26. The first-order chi connectivity index (χ1) is 8.69. The molecule has 0 aromatic heterocycles. The molecule has 0 spiro atoms. The van der Waals surface area contributed by atoms with Gasteiger partial charge in [-0.2, -0.15) is 11.8 Å². The van der Waals surface area contributed by atoms with Gasteiger partial charge in [0.2, 0.25) is 0 Å². The SMILES string of the molecule is CCNC(=NCC(C)N(C)C1CC1)NCCSC. The molecule has 0 heterocycles. The number of likely N-dealkylation sites (N-methyl/N-ethyl adjacent to an activating group) is 1. The van der Waals surface area contributed by atoms with Crippen LogP contribution in [0.3, 0.4) is 0 Å². The highest BCUT2D eigenvalue weighted by Gasteiger charge is 2.28. The van der Waals surface area contributed by atoms with E-state index in [1.54, 1.807) is 0 Å². The number of hydrogen-bond donors (Lipinski definition) is 2. The highest BCUT2D eigenvalue weighted by atomic mass is 32.2. The highest BCUT2D eigenvalue weighted by molar-refractivity contribution is 7.98. The smallest absolute Gasteiger partial charge is 0.191 e. The molecule has 1 atom stereocenters. The van der Waals surface area contributed by atoms with Crippen molar-refractivity contribution in [2.45, 2.75) is 38.8 Å². The van der Waals surface area contributed by atoms with E-state index < -0.39 is 0 Å². The Balaban J connectivity index is 2.32. The van der Waals surface area contributed by atoms with E-state index in [2.05, 4.69) is 47.7 Å². The van der Waals surface area contributed by atoms with E-state index in [1.165, 1.54) is 12.8 Å². The van der Waals surface area contributed by atoms with E-state index in [0.29, 0.717) is 6.04 Å². The summed E-state index contributed by atoms with van der Waals surface area (Å²) >= 11 is 1.85. The maximum atomic E-state index is 4.66. The van der Waals surface area contributed by atoms with Crippen LogP contribution in [0.4, 0.5) is 0 Å². The van der Waals surface area contributed by atoms with Crippen molar-refractivity contribution in [1.82, 2.24) is 15.5 Å². The van der Waals surface area contributed by atoms with E-state index in [9.17, 15) is 0 Å². The zero-order valence-corrected chi connectivity index (χ0v) is 13.0. The number of hydrogen-bond acceptors (Lipinski definition) is 3. The molecule has 2 N–H and O–H groups in total. The standard InChI is InChI=1S/C13H28N4S/c1-5-14-13(15-8-9-18-4)16-10-11(2)17(3)12-6-7-12/h11-12H,5-10H2,1-4H3,(H2,14,15,16). The molecule has 18 heavy (non-hydrogen) atoms. The Hall–Kier alpha value is -0.420. The van der Waals surface area contributed by atoms with Crippen LogP contribution in [0.2, 0.25) is 0 Å². The Morgan fingerprint density at radius 1 is 1.44 bits per heavy atom. The summed E-state index contributed by atoms with van der Waals surface area (Å²) in [4.78, 5) is 7.11. The molecule has 1 aliphatic rings. The molecular weight excluding hydrogens is 244 g/mol. The average Bonchev–Trinajstić information content (AvgIpc) is 3.19. The Kier molecular flexibility index (Phi) is 7.51. The summed E-state index contributed by atoms with van der Waals surface area (Å²) in [5.74, 6) is 2.06. The van der Waals surface area contributed by atoms with Gasteiger partial charge in [-0.15, -0.1) is 0 Å². The van der Waals surface area contributed by atoms with Crippen molar-refractivity contribution >= 4 is 17.7 Å². The summed E-state index contributed by atoms with van der Waals surface area (Å²) in [7, 11) is 2.21. The van der Waals surface area contributed by atoms with Gasteiger partial charge < -0.3 is 10.6 Å². The van der Waals surface area contributed by atoms with E-state index >= 15 is 0 Å². The van der Waals surface area contributed by atoms with Crippen molar-refractivity contribution in [3.63, 3.8) is 0 Å². The summed E-state index contributed by atoms with van der Waals surface area (Å²) in [6.45, 7) is 7.11. The first-order valence-corrected chi connectivity index (χ1v) is 8.31. The molecule has 106 valence electrons. The van der Waals surface area contributed by atoms with E-state index in [4.69, 9.17) is 0 Å². The largest absolute Gasteiger partial charge is 0.357 e. The lowest BCUT2D eigenvalue weighted by atomic mass is 10.3. The number of nitrogens with zero attached hydrogens (tertiary/aromatic N) is 2. The molecule has 1 fully saturated rings. The lowest BCUT2D eigenvalue weighted by molar-refractivity contribution is 0.253. The van der Waals surface area contributed by atoms with Gasteiger partial charge in [-0.05, 0) is 40.0 Å². The topological polar surface area (TPSA) is 39.7 Å². The van der Waals surface area contributed by atoms with Crippen LogP contribution in [0.25, 0.3) is 0 Å². The number of rotatable bonds is 8. The monoisotopic (exact) mass is 272 g/mol. The normalized spacial score (nSPS) is 17.9. The molecule has 0 aromatic carbocycles. The molecule has 0 amide bonds. The van der Waals surface area contributed by atoms with Crippen molar-refractivity contribution < 1.29 is 0 Å². The first-order valence-electron chi connectivity index (χ1n) is 6.92. The summed E-state index contributed by atoms with van der Waals surface area (Å²) in [6.07, 6.45) is 4.84. The van der Waals surface area contributed by atoms with Crippen LogP contribution in [0.5, 0.6) is 0 Å². The quantitative estimate of drug-likeness (QED) is 0.398. The molecule has 1 unspecified atom stereocenters. The van der Waals surface area contributed by atoms with Gasteiger partial charge >= 0.3 is 0 Å². The summed E-state index contributed by atoms with van der Waals surface area (Å²) < 4.78 is 0. The summed E-state index contributed by atoms with van der Waals surface area (Å²) in [5.41, 5.74) is 0. The molecule has 5 heteroatoms. The minimum Gasteiger partial charge on any atom is -0.357 e. The zero-order chi connectivity index (χ0) is 13.4. The molecule has 1 saturated carbocycles. The fourth-order valence-corrected chi connectivity index (χ4v) is 2.11. The van der Waals surface area contributed by atoms with Gasteiger partial charge in [-0.3, -0.25) is 9.89 Å². The van der Waals surface area contributed by atoms with Gasteiger partial charge in [0.1, 0.15) is 0 Å². The Morgan fingerprint density at radius 2 is 2.17 bits per heavy atom. The third-order valence-electron chi connectivity index (χ3n) is 3.27. The number of thioether (sulfide) groups is 1. The van der Waals surface area contributed by atoms with Crippen molar-refractivity contribution in [2.75, 3.05) is 38.7 Å². The Bertz CT molecular complexity index is 253. The minimum absolute atomic E-state index is 0.522. The van der Waals surface area contributed by atoms with Crippen molar-refractivity contribution in [3.8, 4) is 0 Å². The first kappa shape index (κ1) is 15.6. The minimum atomic E-state index is 0.522. The Labute approximate surface area is 116 Å². The van der Waals surface area contributed by atoms with Crippen LogP contribution < -0.4 is 10.6 Å². The summed E-state index contributed by atoms with van der Waals surface area (Å²) in [5, 5.41) is 6.65. The molecule has 0 bridgehead atoms. The molecule has 0 saturated heterocycles. The third kappa shape index (κ3) is 5.96. The second kappa shape index (κ2) is 8.64. The van der Waals surface area contributed by atoms with Crippen LogP contribution in [-0.2, 0) is 0 Å². The number of nitrogens with one attached hydrogen (secondary N) is 2. The lowest BCUT2D eigenvalue weighted by Crippen LogP contribution is -2.40. The van der Waals surface area contributed by atoms with Crippen molar-refractivity contribution in [1.29, 1.82) is 0 Å². The van der Waals surface area contributed by atoms with Crippen molar-refractivity contribution in [2.24, 2.45) is 4.99 Å². The molecule has 0 aromatic rings. The summed E-state index contributed by atoms with van der Waals surface area (Å²) in [6, 6.07) is 1.33. The van der Waals surface area contributed by atoms with Gasteiger partial charge in [0.25, 0.3) is 0 Å². The third-order valence-corrected chi connectivity index (χ3v) is 3.89. The second-order valence-corrected chi connectivity index (χ2v) is 5.87. The van der Waals surface area contributed by atoms with Crippen LogP contribution in [0, 0.1) is 0 Å². The van der Waals surface area contributed by atoms with Crippen LogP contribution in [0.15, 0.2) is 4.99 Å². The molecule has 1 rings (SSSR count). The van der Waals surface area contributed by atoms with Crippen LogP contribution in [-0.4, -0.2) is 61.6 Å². The van der Waals surface area contributed by atoms with Gasteiger partial charge in [-0.25, -0.2) is 0 Å². The number of aliphatic imine (C=N–C) groups is 1.